The standard InChI is InChI=1S/C13H18ClNOS/c1-15-5-6-17-9-12(15)13(16)8-10-3-2-4-11(14)7-10/h2-4,7,12-13,16H,5-6,8-9H2,1H3. The van der Waals surface area contributed by atoms with Gasteiger partial charge in [-0.05, 0) is 31.2 Å². The quantitative estimate of drug-likeness (QED) is 0.913. The van der Waals surface area contributed by atoms with Crippen LogP contribution in [0.1, 0.15) is 5.56 Å². The zero-order valence-electron chi connectivity index (χ0n) is 9.97. The molecule has 0 amide bonds. The molecule has 4 heteroatoms. The minimum atomic E-state index is -0.314. The highest BCUT2D eigenvalue weighted by Gasteiger charge is 2.26. The third kappa shape index (κ3) is 3.62. The average Bonchev–Trinajstić information content (AvgIpc) is 2.29. The maximum absolute atomic E-state index is 10.3. The van der Waals surface area contributed by atoms with Crippen LogP contribution < -0.4 is 0 Å². The molecule has 1 heterocycles. The van der Waals surface area contributed by atoms with E-state index in [1.165, 1.54) is 0 Å². The van der Waals surface area contributed by atoms with Gasteiger partial charge in [0.25, 0.3) is 0 Å². The fraction of sp³-hybridized carbons (Fsp3) is 0.538. The highest BCUT2D eigenvalue weighted by Crippen LogP contribution is 2.20. The van der Waals surface area contributed by atoms with Gasteiger partial charge in [-0.15, -0.1) is 0 Å². The largest absolute Gasteiger partial charge is 0.391 e. The molecule has 0 bridgehead atoms. The maximum atomic E-state index is 10.3. The number of likely N-dealkylation sites (N-methyl/N-ethyl adjacent to an activating group) is 1. The summed E-state index contributed by atoms with van der Waals surface area (Å²) in [6.07, 6.45) is 0.363. The van der Waals surface area contributed by atoms with E-state index in [4.69, 9.17) is 11.6 Å². The van der Waals surface area contributed by atoms with Crippen molar-refractivity contribution in [2.45, 2.75) is 18.6 Å². The molecule has 1 aliphatic heterocycles. The molecule has 1 saturated heterocycles. The number of hydrogen-bond acceptors (Lipinski definition) is 3. The van der Waals surface area contributed by atoms with Gasteiger partial charge in [0.05, 0.1) is 6.10 Å². The van der Waals surface area contributed by atoms with E-state index in [1.807, 2.05) is 36.0 Å². The van der Waals surface area contributed by atoms with Crippen LogP contribution in [0.25, 0.3) is 0 Å². The number of benzene rings is 1. The first kappa shape index (κ1) is 13.2. The Morgan fingerprint density at radius 2 is 2.41 bits per heavy atom. The normalized spacial score (nSPS) is 23.6. The lowest BCUT2D eigenvalue weighted by Gasteiger charge is -2.35. The van der Waals surface area contributed by atoms with Crippen LogP contribution in [0, 0.1) is 0 Å². The van der Waals surface area contributed by atoms with Crippen molar-refractivity contribution in [2.75, 3.05) is 25.1 Å². The number of halogens is 1. The van der Waals surface area contributed by atoms with E-state index in [2.05, 4.69) is 11.9 Å². The zero-order valence-corrected chi connectivity index (χ0v) is 11.5. The average molecular weight is 272 g/mol. The van der Waals surface area contributed by atoms with Crippen molar-refractivity contribution < 1.29 is 5.11 Å². The Bertz CT molecular complexity index is 374. The molecular formula is C13H18ClNOS. The van der Waals surface area contributed by atoms with Crippen LogP contribution in [-0.2, 0) is 6.42 Å². The second-order valence-corrected chi connectivity index (χ2v) is 6.11. The number of nitrogens with zero attached hydrogens (tertiary/aromatic N) is 1. The first-order valence-corrected chi connectivity index (χ1v) is 7.40. The van der Waals surface area contributed by atoms with E-state index < -0.39 is 0 Å². The van der Waals surface area contributed by atoms with Gasteiger partial charge in [0.1, 0.15) is 0 Å². The molecule has 0 aromatic heterocycles. The Morgan fingerprint density at radius 3 is 3.12 bits per heavy atom. The second-order valence-electron chi connectivity index (χ2n) is 4.52. The number of rotatable bonds is 3. The molecule has 0 saturated carbocycles. The van der Waals surface area contributed by atoms with E-state index in [1.54, 1.807) is 0 Å². The molecule has 94 valence electrons. The Morgan fingerprint density at radius 1 is 1.59 bits per heavy atom. The van der Waals surface area contributed by atoms with E-state index in [-0.39, 0.29) is 12.1 Å². The molecule has 1 N–H and O–H groups in total. The van der Waals surface area contributed by atoms with Crippen molar-refractivity contribution in [1.29, 1.82) is 0 Å². The third-order valence-electron chi connectivity index (χ3n) is 3.22. The molecule has 2 nitrogen and oxygen atoms in total. The monoisotopic (exact) mass is 271 g/mol. The lowest BCUT2D eigenvalue weighted by atomic mass is 10.0. The van der Waals surface area contributed by atoms with Crippen LogP contribution in [0.3, 0.4) is 0 Å². The van der Waals surface area contributed by atoms with Gasteiger partial charge in [-0.25, -0.2) is 0 Å². The van der Waals surface area contributed by atoms with Gasteiger partial charge in [-0.3, -0.25) is 4.90 Å². The molecule has 17 heavy (non-hydrogen) atoms. The van der Waals surface area contributed by atoms with Crippen molar-refractivity contribution in [2.24, 2.45) is 0 Å². The van der Waals surface area contributed by atoms with Crippen molar-refractivity contribution >= 4 is 23.4 Å². The topological polar surface area (TPSA) is 23.5 Å². The third-order valence-corrected chi connectivity index (χ3v) is 4.50. The van der Waals surface area contributed by atoms with Gasteiger partial charge in [-0.2, -0.15) is 11.8 Å². The van der Waals surface area contributed by atoms with Gasteiger partial charge < -0.3 is 5.11 Å². The predicted molar refractivity (Wildman–Crippen MR) is 74.9 cm³/mol. The fourth-order valence-electron chi connectivity index (χ4n) is 2.15. The van der Waals surface area contributed by atoms with Crippen LogP contribution in [0.4, 0.5) is 0 Å². The highest BCUT2D eigenvalue weighted by molar-refractivity contribution is 7.99. The predicted octanol–water partition coefficient (Wildman–Crippen LogP) is 2.29. The first-order chi connectivity index (χ1) is 8.16. The second kappa shape index (κ2) is 6.10. The lowest BCUT2D eigenvalue weighted by molar-refractivity contribution is 0.0763. The molecule has 1 aliphatic rings. The number of hydrogen-bond donors (Lipinski definition) is 1. The van der Waals surface area contributed by atoms with Crippen LogP contribution in [-0.4, -0.2) is 47.3 Å². The zero-order chi connectivity index (χ0) is 12.3. The highest BCUT2D eigenvalue weighted by atomic mass is 35.5. The summed E-state index contributed by atoms with van der Waals surface area (Å²) in [5.74, 6) is 2.18. The number of aliphatic hydroxyl groups is 1. The van der Waals surface area contributed by atoms with Gasteiger partial charge in [0.2, 0.25) is 0 Å². The first-order valence-electron chi connectivity index (χ1n) is 5.87. The van der Waals surface area contributed by atoms with E-state index >= 15 is 0 Å². The fourth-order valence-corrected chi connectivity index (χ4v) is 3.67. The SMILES string of the molecule is CN1CCSCC1C(O)Cc1cccc(Cl)c1. The van der Waals surface area contributed by atoms with Gasteiger partial charge in [-0.1, -0.05) is 23.7 Å². The molecule has 2 rings (SSSR count). The van der Waals surface area contributed by atoms with E-state index in [0.29, 0.717) is 6.42 Å². The molecule has 1 aromatic carbocycles. The Hall–Kier alpha value is -0.220. The Balaban J connectivity index is 1.98. The van der Waals surface area contributed by atoms with E-state index in [0.717, 1.165) is 28.6 Å². The minimum Gasteiger partial charge on any atom is -0.391 e. The number of aliphatic hydroxyl groups excluding tert-OH is 1. The summed E-state index contributed by atoms with van der Waals surface area (Å²) in [6, 6.07) is 8.00. The maximum Gasteiger partial charge on any atom is 0.0743 e. The molecule has 0 radical (unpaired) electrons. The summed E-state index contributed by atoms with van der Waals surface area (Å²) < 4.78 is 0. The molecule has 1 fully saturated rings. The van der Waals surface area contributed by atoms with Crippen molar-refractivity contribution in [3.05, 3.63) is 34.9 Å². The summed E-state index contributed by atoms with van der Waals surface area (Å²) in [6.45, 7) is 1.06. The van der Waals surface area contributed by atoms with Crippen LogP contribution in [0.2, 0.25) is 5.02 Å². The number of thioether (sulfide) groups is 1. The Kier molecular flexibility index (Phi) is 4.74. The van der Waals surface area contributed by atoms with Gasteiger partial charge in [0.15, 0.2) is 0 Å². The smallest absolute Gasteiger partial charge is 0.0743 e. The molecule has 1 aromatic rings. The minimum absolute atomic E-state index is 0.257. The van der Waals surface area contributed by atoms with Crippen molar-refractivity contribution in [3.63, 3.8) is 0 Å². The van der Waals surface area contributed by atoms with Crippen LogP contribution >= 0.6 is 23.4 Å². The summed E-state index contributed by atoms with van der Waals surface area (Å²) in [5.41, 5.74) is 1.11. The summed E-state index contributed by atoms with van der Waals surface area (Å²) in [5, 5.41) is 11.0. The van der Waals surface area contributed by atoms with Crippen LogP contribution in [0.5, 0.6) is 0 Å². The summed E-state index contributed by atoms with van der Waals surface area (Å²) in [4.78, 5) is 2.26. The van der Waals surface area contributed by atoms with Gasteiger partial charge in [0, 0.05) is 29.1 Å². The molecule has 2 unspecified atom stereocenters. The van der Waals surface area contributed by atoms with Crippen molar-refractivity contribution in [3.8, 4) is 0 Å². The molecule has 0 aliphatic carbocycles. The molecular weight excluding hydrogens is 254 g/mol. The summed E-state index contributed by atoms with van der Waals surface area (Å²) in [7, 11) is 2.09. The lowest BCUT2D eigenvalue weighted by Crippen LogP contribution is -2.47. The molecule has 2 atom stereocenters. The van der Waals surface area contributed by atoms with Gasteiger partial charge >= 0.3 is 0 Å². The Labute approximate surface area is 112 Å². The van der Waals surface area contributed by atoms with Crippen LogP contribution in [0.15, 0.2) is 24.3 Å². The van der Waals surface area contributed by atoms with E-state index in [9.17, 15) is 5.11 Å². The summed E-state index contributed by atoms with van der Waals surface area (Å²) >= 11 is 7.87. The molecule has 0 spiro atoms. The van der Waals surface area contributed by atoms with Crippen molar-refractivity contribution in [1.82, 2.24) is 4.90 Å².